The molecular formula is C14H18FN3O2. The predicted octanol–water partition coefficient (Wildman–Crippen LogP) is 1.07. The highest BCUT2D eigenvalue weighted by molar-refractivity contribution is 5.95. The van der Waals surface area contributed by atoms with Crippen LogP contribution in [0.25, 0.3) is 0 Å². The summed E-state index contributed by atoms with van der Waals surface area (Å²) in [5.74, 6) is -0.857. The maximum absolute atomic E-state index is 13.6. The molecule has 1 heterocycles. The summed E-state index contributed by atoms with van der Waals surface area (Å²) in [6.45, 7) is 4.00. The number of nitrogen functional groups attached to an aromatic ring is 1. The fraction of sp³-hybridized carbons (Fsp3) is 0.429. The quantitative estimate of drug-likeness (QED) is 0.795. The highest BCUT2D eigenvalue weighted by Crippen LogP contribution is 2.20. The first-order valence-corrected chi connectivity index (χ1v) is 6.50. The van der Waals surface area contributed by atoms with Crippen molar-refractivity contribution in [3.63, 3.8) is 0 Å². The van der Waals surface area contributed by atoms with Gasteiger partial charge in [0.15, 0.2) is 0 Å². The number of amides is 2. The number of likely N-dealkylation sites (tertiary alicyclic amines) is 1. The average Bonchev–Trinajstić information content (AvgIpc) is 2.82. The summed E-state index contributed by atoms with van der Waals surface area (Å²) < 4.78 is 13.6. The summed E-state index contributed by atoms with van der Waals surface area (Å²) in [6, 6.07) is 2.66. The van der Waals surface area contributed by atoms with Crippen molar-refractivity contribution in [3.8, 4) is 0 Å². The topological polar surface area (TPSA) is 75.4 Å². The molecule has 1 aliphatic heterocycles. The smallest absolute Gasteiger partial charge is 0.254 e. The Morgan fingerprint density at radius 3 is 2.75 bits per heavy atom. The molecule has 1 aromatic carbocycles. The number of hydrogen-bond acceptors (Lipinski definition) is 3. The molecular weight excluding hydrogens is 261 g/mol. The van der Waals surface area contributed by atoms with Crippen LogP contribution in [0.5, 0.6) is 0 Å². The number of carbonyl (C=O) groups excluding carboxylic acids is 2. The van der Waals surface area contributed by atoms with Gasteiger partial charge in [0.1, 0.15) is 5.82 Å². The van der Waals surface area contributed by atoms with Gasteiger partial charge < -0.3 is 16.0 Å². The Hall–Kier alpha value is -2.11. The van der Waals surface area contributed by atoms with Crippen LogP contribution in [0, 0.1) is 12.7 Å². The standard InChI is InChI=1S/C14H18FN3O2/c1-8-12(15)5-10(6-13(8)16)14(20)18-4-3-11(7-18)17-9(2)19/h5-6,11H,3-4,7,16H2,1-2H3,(H,17,19). The van der Waals surface area contributed by atoms with E-state index in [1.165, 1.54) is 19.1 Å². The lowest BCUT2D eigenvalue weighted by Gasteiger charge is -2.17. The zero-order valence-electron chi connectivity index (χ0n) is 11.6. The van der Waals surface area contributed by atoms with E-state index in [0.717, 1.165) is 0 Å². The van der Waals surface area contributed by atoms with E-state index in [2.05, 4.69) is 5.32 Å². The van der Waals surface area contributed by atoms with Crippen LogP contribution in [0.2, 0.25) is 0 Å². The van der Waals surface area contributed by atoms with Crippen LogP contribution in [0.15, 0.2) is 12.1 Å². The Bertz CT molecular complexity index is 536. The van der Waals surface area contributed by atoms with E-state index in [0.29, 0.717) is 25.1 Å². The lowest BCUT2D eigenvalue weighted by Crippen LogP contribution is -2.37. The van der Waals surface area contributed by atoms with E-state index in [1.807, 2.05) is 0 Å². The second kappa shape index (κ2) is 5.48. The number of rotatable bonds is 2. The largest absolute Gasteiger partial charge is 0.398 e. The Morgan fingerprint density at radius 1 is 1.45 bits per heavy atom. The Balaban J connectivity index is 2.11. The molecule has 108 valence electrons. The van der Waals surface area contributed by atoms with Crippen molar-refractivity contribution in [3.05, 3.63) is 29.1 Å². The SMILES string of the molecule is CC(=O)NC1CCN(C(=O)c2cc(N)c(C)c(F)c2)C1. The van der Waals surface area contributed by atoms with Gasteiger partial charge in [0.25, 0.3) is 5.91 Å². The minimum atomic E-state index is -0.481. The molecule has 20 heavy (non-hydrogen) atoms. The molecule has 0 aliphatic carbocycles. The molecule has 1 aliphatic rings. The van der Waals surface area contributed by atoms with Gasteiger partial charge >= 0.3 is 0 Å². The first-order valence-electron chi connectivity index (χ1n) is 6.50. The fourth-order valence-corrected chi connectivity index (χ4v) is 2.36. The number of benzene rings is 1. The number of nitrogens with one attached hydrogen (secondary N) is 1. The van der Waals surface area contributed by atoms with Gasteiger partial charge in [-0.2, -0.15) is 0 Å². The molecule has 3 N–H and O–H groups in total. The van der Waals surface area contributed by atoms with Gasteiger partial charge in [-0.25, -0.2) is 4.39 Å². The Labute approximate surface area is 116 Å². The van der Waals surface area contributed by atoms with Crippen molar-refractivity contribution in [1.82, 2.24) is 10.2 Å². The van der Waals surface area contributed by atoms with Crippen molar-refractivity contribution in [2.24, 2.45) is 0 Å². The van der Waals surface area contributed by atoms with E-state index in [4.69, 9.17) is 5.73 Å². The van der Waals surface area contributed by atoms with Crippen LogP contribution in [-0.2, 0) is 4.79 Å². The fourth-order valence-electron chi connectivity index (χ4n) is 2.36. The number of hydrogen-bond donors (Lipinski definition) is 2. The maximum atomic E-state index is 13.6. The van der Waals surface area contributed by atoms with Gasteiger partial charge in [-0.05, 0) is 25.5 Å². The van der Waals surface area contributed by atoms with Crippen molar-refractivity contribution >= 4 is 17.5 Å². The zero-order valence-corrected chi connectivity index (χ0v) is 11.6. The third kappa shape index (κ3) is 2.89. The van der Waals surface area contributed by atoms with Crippen LogP contribution in [-0.4, -0.2) is 35.8 Å². The summed E-state index contributed by atoms with van der Waals surface area (Å²) >= 11 is 0. The van der Waals surface area contributed by atoms with Gasteiger partial charge in [0, 0.05) is 42.9 Å². The first-order chi connectivity index (χ1) is 9.38. The molecule has 0 bridgehead atoms. The first kappa shape index (κ1) is 14.3. The van der Waals surface area contributed by atoms with Crippen LogP contribution < -0.4 is 11.1 Å². The summed E-state index contributed by atoms with van der Waals surface area (Å²) in [7, 11) is 0. The molecule has 1 saturated heterocycles. The van der Waals surface area contributed by atoms with Crippen molar-refractivity contribution in [2.75, 3.05) is 18.8 Å². The van der Waals surface area contributed by atoms with Crippen molar-refractivity contribution < 1.29 is 14.0 Å². The van der Waals surface area contributed by atoms with Gasteiger partial charge in [-0.3, -0.25) is 9.59 Å². The summed E-state index contributed by atoms with van der Waals surface area (Å²) in [5.41, 5.74) is 6.54. The third-order valence-corrected chi connectivity index (χ3v) is 3.51. The highest BCUT2D eigenvalue weighted by atomic mass is 19.1. The molecule has 0 spiro atoms. The van der Waals surface area contributed by atoms with Crippen LogP contribution in [0.4, 0.5) is 10.1 Å². The minimum absolute atomic E-state index is 0.0379. The summed E-state index contributed by atoms with van der Waals surface area (Å²) in [5, 5.41) is 2.78. The average molecular weight is 279 g/mol. The van der Waals surface area contributed by atoms with Gasteiger partial charge in [0.05, 0.1) is 0 Å². The molecule has 0 radical (unpaired) electrons. The Kier molecular flexibility index (Phi) is 3.92. The highest BCUT2D eigenvalue weighted by Gasteiger charge is 2.27. The molecule has 0 aromatic heterocycles. The van der Waals surface area contributed by atoms with Crippen LogP contribution >= 0.6 is 0 Å². The monoisotopic (exact) mass is 279 g/mol. The number of nitrogens with two attached hydrogens (primary N) is 1. The van der Waals surface area contributed by atoms with E-state index in [-0.39, 0.29) is 29.1 Å². The normalized spacial score (nSPS) is 18.1. The number of nitrogens with zero attached hydrogens (tertiary/aromatic N) is 1. The van der Waals surface area contributed by atoms with Gasteiger partial charge in [-0.1, -0.05) is 0 Å². The molecule has 5 nitrogen and oxygen atoms in total. The van der Waals surface area contributed by atoms with Crippen LogP contribution in [0.1, 0.15) is 29.3 Å². The van der Waals surface area contributed by atoms with Gasteiger partial charge in [0.2, 0.25) is 5.91 Å². The Morgan fingerprint density at radius 2 is 2.15 bits per heavy atom. The lowest BCUT2D eigenvalue weighted by molar-refractivity contribution is -0.119. The maximum Gasteiger partial charge on any atom is 0.254 e. The predicted molar refractivity (Wildman–Crippen MR) is 73.7 cm³/mol. The van der Waals surface area contributed by atoms with Gasteiger partial charge in [-0.15, -0.1) is 0 Å². The minimum Gasteiger partial charge on any atom is -0.398 e. The van der Waals surface area contributed by atoms with E-state index >= 15 is 0 Å². The molecule has 1 atom stereocenters. The molecule has 6 heteroatoms. The van der Waals surface area contributed by atoms with Crippen molar-refractivity contribution in [2.45, 2.75) is 26.3 Å². The third-order valence-electron chi connectivity index (χ3n) is 3.51. The molecule has 2 amide bonds. The van der Waals surface area contributed by atoms with E-state index in [9.17, 15) is 14.0 Å². The summed E-state index contributed by atoms with van der Waals surface area (Å²) in [4.78, 5) is 24.9. The molecule has 1 fully saturated rings. The molecule has 1 unspecified atom stereocenters. The molecule has 0 saturated carbocycles. The van der Waals surface area contributed by atoms with E-state index in [1.54, 1.807) is 11.8 Å². The number of halogens is 1. The number of anilines is 1. The second-order valence-electron chi connectivity index (χ2n) is 5.11. The van der Waals surface area contributed by atoms with Crippen molar-refractivity contribution in [1.29, 1.82) is 0 Å². The number of carbonyl (C=O) groups is 2. The second-order valence-corrected chi connectivity index (χ2v) is 5.11. The molecule has 1 aromatic rings. The lowest BCUT2D eigenvalue weighted by atomic mass is 10.1. The zero-order chi connectivity index (χ0) is 14.9. The molecule has 2 rings (SSSR count). The van der Waals surface area contributed by atoms with Crippen LogP contribution in [0.3, 0.4) is 0 Å². The van der Waals surface area contributed by atoms with E-state index < -0.39 is 5.82 Å². The summed E-state index contributed by atoms with van der Waals surface area (Å²) in [6.07, 6.45) is 0.704.